The first-order chi connectivity index (χ1) is 11.2. The number of hydrogen-bond donors (Lipinski definition) is 0. The summed E-state index contributed by atoms with van der Waals surface area (Å²) >= 11 is 0. The lowest BCUT2D eigenvalue weighted by Crippen LogP contribution is -2.08. The zero-order valence-corrected chi connectivity index (χ0v) is 12.5. The molecule has 0 spiro atoms. The van der Waals surface area contributed by atoms with Crippen LogP contribution < -0.4 is 0 Å². The lowest BCUT2D eigenvalue weighted by molar-refractivity contribution is -0.385. The summed E-state index contributed by atoms with van der Waals surface area (Å²) in [4.78, 5) is 22.1. The van der Waals surface area contributed by atoms with Crippen molar-refractivity contribution in [2.45, 2.75) is 13.1 Å². The number of nitro groups is 1. The molecule has 0 aliphatic heterocycles. The fraction of sp³-hybridized carbons (Fsp3) is 0.188. The summed E-state index contributed by atoms with van der Waals surface area (Å²) in [5.74, 6) is -0.830. The van der Waals surface area contributed by atoms with E-state index in [9.17, 15) is 28.1 Å². The first-order valence-electron chi connectivity index (χ1n) is 6.87. The zero-order valence-electron chi connectivity index (χ0n) is 12.5. The SMILES string of the molecule is CCOC(=O)c1ccc(-c2ccc(C(F)(F)F)cc2)cc1[N+](=O)[O-]. The van der Waals surface area contributed by atoms with Crippen molar-refractivity contribution in [2.75, 3.05) is 6.61 Å². The maximum Gasteiger partial charge on any atom is 0.416 e. The van der Waals surface area contributed by atoms with Crippen molar-refractivity contribution in [1.82, 2.24) is 0 Å². The van der Waals surface area contributed by atoms with E-state index in [1.54, 1.807) is 6.92 Å². The monoisotopic (exact) mass is 339 g/mol. The van der Waals surface area contributed by atoms with Crippen molar-refractivity contribution in [1.29, 1.82) is 0 Å². The number of halogens is 3. The Morgan fingerprint density at radius 2 is 1.71 bits per heavy atom. The molecule has 0 saturated carbocycles. The molecule has 0 aliphatic carbocycles. The average Bonchev–Trinajstić information content (AvgIpc) is 2.53. The van der Waals surface area contributed by atoms with Crippen LogP contribution in [0.15, 0.2) is 42.5 Å². The highest BCUT2D eigenvalue weighted by Crippen LogP contribution is 2.32. The van der Waals surface area contributed by atoms with Crippen LogP contribution in [-0.2, 0) is 10.9 Å². The van der Waals surface area contributed by atoms with Crippen LogP contribution in [0.5, 0.6) is 0 Å². The highest BCUT2D eigenvalue weighted by molar-refractivity contribution is 5.95. The first kappa shape index (κ1) is 17.5. The molecule has 0 N–H and O–H groups in total. The highest BCUT2D eigenvalue weighted by Gasteiger charge is 2.30. The molecule has 0 bridgehead atoms. The summed E-state index contributed by atoms with van der Waals surface area (Å²) in [6.07, 6.45) is -4.46. The molecule has 0 radical (unpaired) electrons. The van der Waals surface area contributed by atoms with Crippen LogP contribution in [0.3, 0.4) is 0 Å². The number of esters is 1. The molecule has 0 atom stereocenters. The van der Waals surface area contributed by atoms with E-state index in [2.05, 4.69) is 0 Å². The molecule has 0 aliphatic rings. The third-order valence-electron chi connectivity index (χ3n) is 3.24. The molecule has 0 unspecified atom stereocenters. The van der Waals surface area contributed by atoms with E-state index in [1.165, 1.54) is 24.3 Å². The Labute approximate surface area is 134 Å². The molecule has 2 aromatic carbocycles. The topological polar surface area (TPSA) is 69.4 Å². The van der Waals surface area contributed by atoms with Crippen molar-refractivity contribution >= 4 is 11.7 Å². The van der Waals surface area contributed by atoms with Crippen LogP contribution in [0.1, 0.15) is 22.8 Å². The number of ether oxygens (including phenoxy) is 1. The van der Waals surface area contributed by atoms with Gasteiger partial charge in [-0.2, -0.15) is 13.2 Å². The van der Waals surface area contributed by atoms with Gasteiger partial charge in [-0.1, -0.05) is 18.2 Å². The van der Waals surface area contributed by atoms with E-state index in [-0.39, 0.29) is 12.2 Å². The Hall–Kier alpha value is -2.90. The summed E-state index contributed by atoms with van der Waals surface area (Å²) in [6.45, 7) is 1.64. The maximum atomic E-state index is 12.6. The quantitative estimate of drug-likeness (QED) is 0.468. The summed E-state index contributed by atoms with van der Waals surface area (Å²) < 4.78 is 42.4. The average molecular weight is 339 g/mol. The van der Waals surface area contributed by atoms with Gasteiger partial charge in [0.25, 0.3) is 5.69 Å². The fourth-order valence-electron chi connectivity index (χ4n) is 2.10. The molecule has 0 aromatic heterocycles. The van der Waals surface area contributed by atoms with Gasteiger partial charge >= 0.3 is 12.1 Å². The molecule has 0 saturated heterocycles. The van der Waals surface area contributed by atoms with Gasteiger partial charge in [-0.3, -0.25) is 10.1 Å². The number of nitrogens with zero attached hydrogens (tertiary/aromatic N) is 1. The lowest BCUT2D eigenvalue weighted by atomic mass is 10.0. The van der Waals surface area contributed by atoms with E-state index < -0.39 is 28.3 Å². The Morgan fingerprint density at radius 1 is 1.12 bits per heavy atom. The van der Waals surface area contributed by atoms with Crippen LogP contribution in [0.25, 0.3) is 11.1 Å². The largest absolute Gasteiger partial charge is 0.462 e. The molecule has 0 fully saturated rings. The van der Waals surface area contributed by atoms with Gasteiger partial charge in [0.05, 0.1) is 17.1 Å². The van der Waals surface area contributed by atoms with Gasteiger partial charge in [-0.25, -0.2) is 4.79 Å². The van der Waals surface area contributed by atoms with Gasteiger partial charge in [-0.05, 0) is 36.2 Å². The predicted octanol–water partition coefficient (Wildman–Crippen LogP) is 4.46. The summed E-state index contributed by atoms with van der Waals surface area (Å²) in [5, 5.41) is 11.1. The number of nitro benzene ring substituents is 1. The van der Waals surface area contributed by atoms with Crippen LogP contribution in [0.4, 0.5) is 18.9 Å². The normalized spacial score (nSPS) is 11.2. The Balaban J connectivity index is 2.43. The molecule has 0 heterocycles. The summed E-state index contributed by atoms with van der Waals surface area (Å²) in [5.41, 5.74) is -0.808. The fourth-order valence-corrected chi connectivity index (χ4v) is 2.10. The minimum atomic E-state index is -4.46. The van der Waals surface area contributed by atoms with Crippen molar-refractivity contribution in [3.8, 4) is 11.1 Å². The molecule has 2 rings (SSSR count). The number of alkyl halides is 3. The minimum Gasteiger partial charge on any atom is -0.462 e. The molecule has 126 valence electrons. The summed E-state index contributed by atoms with van der Waals surface area (Å²) in [6, 6.07) is 7.98. The van der Waals surface area contributed by atoms with Crippen molar-refractivity contribution in [3.63, 3.8) is 0 Å². The van der Waals surface area contributed by atoms with Gasteiger partial charge in [0.15, 0.2) is 0 Å². The van der Waals surface area contributed by atoms with Gasteiger partial charge in [0.2, 0.25) is 0 Å². The number of hydrogen-bond acceptors (Lipinski definition) is 4. The molecule has 2 aromatic rings. The number of rotatable bonds is 4. The standard InChI is InChI=1S/C16H12F3NO4/c1-2-24-15(21)13-8-5-11(9-14(13)20(22)23)10-3-6-12(7-4-10)16(17,18)19/h3-9H,2H2,1H3. The zero-order chi connectivity index (χ0) is 17.9. The second kappa shape index (κ2) is 6.69. The smallest absolute Gasteiger partial charge is 0.416 e. The second-order valence-electron chi connectivity index (χ2n) is 4.78. The predicted molar refractivity (Wildman–Crippen MR) is 79.5 cm³/mol. The van der Waals surface area contributed by atoms with Crippen molar-refractivity contribution in [3.05, 3.63) is 63.7 Å². The highest BCUT2D eigenvalue weighted by atomic mass is 19.4. The lowest BCUT2D eigenvalue weighted by Gasteiger charge is -2.09. The minimum absolute atomic E-state index is 0.0661. The third kappa shape index (κ3) is 3.70. The van der Waals surface area contributed by atoms with Crippen LogP contribution in [0.2, 0.25) is 0 Å². The van der Waals surface area contributed by atoms with Gasteiger partial charge < -0.3 is 4.74 Å². The third-order valence-corrected chi connectivity index (χ3v) is 3.24. The number of carbonyl (C=O) groups is 1. The first-order valence-corrected chi connectivity index (χ1v) is 6.87. The Morgan fingerprint density at radius 3 is 2.21 bits per heavy atom. The van der Waals surface area contributed by atoms with E-state index in [1.807, 2.05) is 0 Å². The summed E-state index contributed by atoms with van der Waals surface area (Å²) in [7, 11) is 0. The van der Waals surface area contributed by atoms with E-state index in [4.69, 9.17) is 4.74 Å². The number of carbonyl (C=O) groups excluding carboxylic acids is 1. The van der Waals surface area contributed by atoms with Gasteiger partial charge in [-0.15, -0.1) is 0 Å². The van der Waals surface area contributed by atoms with Crippen LogP contribution in [-0.4, -0.2) is 17.5 Å². The molecule has 24 heavy (non-hydrogen) atoms. The molecular weight excluding hydrogens is 327 g/mol. The second-order valence-corrected chi connectivity index (χ2v) is 4.78. The van der Waals surface area contributed by atoms with Gasteiger partial charge in [0, 0.05) is 6.07 Å². The van der Waals surface area contributed by atoms with Crippen molar-refractivity contribution in [2.24, 2.45) is 0 Å². The van der Waals surface area contributed by atoms with Crippen LogP contribution in [0, 0.1) is 10.1 Å². The molecule has 5 nitrogen and oxygen atoms in total. The van der Waals surface area contributed by atoms with E-state index >= 15 is 0 Å². The Bertz CT molecular complexity index is 770. The molecule has 8 heteroatoms. The van der Waals surface area contributed by atoms with Crippen molar-refractivity contribution < 1.29 is 27.6 Å². The number of benzene rings is 2. The Kier molecular flexibility index (Phi) is 4.87. The van der Waals surface area contributed by atoms with Crippen LogP contribution >= 0.6 is 0 Å². The maximum absolute atomic E-state index is 12.6. The molecule has 0 amide bonds. The van der Waals surface area contributed by atoms with E-state index in [0.717, 1.165) is 18.2 Å². The van der Waals surface area contributed by atoms with Gasteiger partial charge in [0.1, 0.15) is 5.56 Å². The molecular formula is C16H12F3NO4. The van der Waals surface area contributed by atoms with E-state index in [0.29, 0.717) is 11.1 Å².